The van der Waals surface area contributed by atoms with Gasteiger partial charge in [-0.3, -0.25) is 0 Å². The second-order valence-electron chi connectivity index (χ2n) is 6.57. The summed E-state index contributed by atoms with van der Waals surface area (Å²) in [6.07, 6.45) is 7.66. The van der Waals surface area contributed by atoms with Crippen molar-refractivity contribution in [1.82, 2.24) is 19.7 Å². The average Bonchev–Trinajstić information content (AvgIpc) is 3.24. The summed E-state index contributed by atoms with van der Waals surface area (Å²) >= 11 is 1.57. The molecule has 0 unspecified atom stereocenters. The molecule has 26 heavy (non-hydrogen) atoms. The zero-order chi connectivity index (χ0) is 18.1. The Hall–Kier alpha value is -1.97. The van der Waals surface area contributed by atoms with E-state index in [1.165, 1.54) is 0 Å². The lowest BCUT2D eigenvalue weighted by molar-refractivity contribution is 0.346. The maximum atomic E-state index is 11.9. The van der Waals surface area contributed by atoms with Gasteiger partial charge in [0.15, 0.2) is 0 Å². The molecule has 0 aromatic carbocycles. The number of hydrogen-bond donors (Lipinski definition) is 3. The van der Waals surface area contributed by atoms with Crippen molar-refractivity contribution in [3.05, 3.63) is 30.0 Å². The van der Waals surface area contributed by atoms with Gasteiger partial charge >= 0.3 is 0 Å². The molecule has 1 aliphatic rings. The van der Waals surface area contributed by atoms with Gasteiger partial charge in [0.2, 0.25) is 10.0 Å². The quantitative estimate of drug-likeness (QED) is 0.575. The van der Waals surface area contributed by atoms with Gasteiger partial charge in [-0.1, -0.05) is 6.92 Å². The van der Waals surface area contributed by atoms with Crippen LogP contribution in [0.1, 0.15) is 26.2 Å². The molecule has 0 aliphatic heterocycles. The molecule has 0 radical (unpaired) electrons. The third-order valence-corrected chi connectivity index (χ3v) is 7.00. The number of nitrogens with zero attached hydrogens (tertiary/aromatic N) is 2. The molecule has 1 aliphatic carbocycles. The predicted octanol–water partition coefficient (Wildman–Crippen LogP) is 2.96. The lowest BCUT2D eigenvalue weighted by Crippen LogP contribution is -2.50. The highest BCUT2D eigenvalue weighted by molar-refractivity contribution is 7.89. The molecule has 138 valence electrons. The summed E-state index contributed by atoms with van der Waals surface area (Å²) in [7, 11) is -3.16. The van der Waals surface area contributed by atoms with Gasteiger partial charge in [-0.05, 0) is 25.3 Å². The highest BCUT2D eigenvalue weighted by Gasteiger charge is 2.32. The number of thiazole rings is 1. The Balaban J connectivity index is 1.52. The van der Waals surface area contributed by atoms with Crippen LogP contribution in [0.5, 0.6) is 0 Å². The first-order valence-electron chi connectivity index (χ1n) is 8.68. The van der Waals surface area contributed by atoms with Crippen LogP contribution in [0, 0.1) is 0 Å². The third kappa shape index (κ3) is 3.46. The number of H-pyrrole nitrogens is 1. The van der Waals surface area contributed by atoms with Crippen LogP contribution in [-0.4, -0.2) is 41.2 Å². The standard InChI is InChI=1S/C17H21N5O2S2/c1-2-7-26(23,24)22-12-8-11(9-12)21-15-13-3-4-18-16(13)20-10-14(15)17-19-5-6-25-17/h3-6,10-12,22H,2,7-9H2,1H3,(H2,18,20,21). The molecule has 0 amide bonds. The first-order chi connectivity index (χ1) is 12.6. The van der Waals surface area contributed by atoms with Crippen molar-refractivity contribution in [2.45, 2.75) is 38.3 Å². The van der Waals surface area contributed by atoms with Gasteiger partial charge in [0.05, 0.1) is 17.0 Å². The largest absolute Gasteiger partial charge is 0.381 e. The van der Waals surface area contributed by atoms with E-state index in [1.807, 2.05) is 30.8 Å². The summed E-state index contributed by atoms with van der Waals surface area (Å²) in [6, 6.07) is 2.24. The van der Waals surface area contributed by atoms with Gasteiger partial charge in [0.1, 0.15) is 10.7 Å². The molecule has 1 saturated carbocycles. The van der Waals surface area contributed by atoms with Crippen LogP contribution < -0.4 is 10.0 Å². The number of pyridine rings is 1. The third-order valence-electron chi connectivity index (χ3n) is 4.55. The summed E-state index contributed by atoms with van der Waals surface area (Å²) in [5, 5.41) is 7.47. The molecular formula is C17H21N5O2S2. The minimum atomic E-state index is -3.16. The van der Waals surface area contributed by atoms with Crippen LogP contribution in [0.15, 0.2) is 30.0 Å². The predicted molar refractivity (Wildman–Crippen MR) is 105 cm³/mol. The summed E-state index contributed by atoms with van der Waals surface area (Å²) in [6.45, 7) is 1.87. The van der Waals surface area contributed by atoms with Crippen molar-refractivity contribution in [2.24, 2.45) is 0 Å². The van der Waals surface area contributed by atoms with Crippen LogP contribution >= 0.6 is 11.3 Å². The lowest BCUT2D eigenvalue weighted by Gasteiger charge is -2.37. The number of fused-ring (bicyclic) bond motifs is 1. The summed E-state index contributed by atoms with van der Waals surface area (Å²) in [4.78, 5) is 12.0. The van der Waals surface area contributed by atoms with Crippen LogP contribution in [0.25, 0.3) is 21.6 Å². The number of anilines is 1. The Morgan fingerprint density at radius 1 is 1.31 bits per heavy atom. The van der Waals surface area contributed by atoms with Gasteiger partial charge < -0.3 is 10.3 Å². The number of rotatable bonds is 7. The normalized spacial score (nSPS) is 20.2. The maximum Gasteiger partial charge on any atom is 0.211 e. The Bertz CT molecular complexity index is 992. The van der Waals surface area contributed by atoms with Gasteiger partial charge in [0.25, 0.3) is 0 Å². The van der Waals surface area contributed by atoms with Crippen LogP contribution in [0.2, 0.25) is 0 Å². The highest BCUT2D eigenvalue weighted by Crippen LogP contribution is 2.37. The Labute approximate surface area is 156 Å². The van der Waals surface area contributed by atoms with E-state index in [0.717, 1.165) is 40.1 Å². The topological polar surface area (TPSA) is 99.8 Å². The van der Waals surface area contributed by atoms with Crippen molar-refractivity contribution < 1.29 is 8.42 Å². The Morgan fingerprint density at radius 2 is 2.15 bits per heavy atom. The Morgan fingerprint density at radius 3 is 2.88 bits per heavy atom. The monoisotopic (exact) mass is 391 g/mol. The lowest BCUT2D eigenvalue weighted by atomic mass is 9.87. The molecule has 4 rings (SSSR count). The Kier molecular flexibility index (Phi) is 4.68. The smallest absolute Gasteiger partial charge is 0.211 e. The molecule has 3 heterocycles. The number of nitrogens with one attached hydrogen (secondary N) is 3. The van der Waals surface area contributed by atoms with E-state index in [2.05, 4.69) is 25.0 Å². The average molecular weight is 392 g/mol. The second kappa shape index (κ2) is 6.98. The molecule has 3 aromatic rings. The first-order valence-corrected chi connectivity index (χ1v) is 11.2. The maximum absolute atomic E-state index is 11.9. The molecule has 7 nitrogen and oxygen atoms in total. The van der Waals surface area contributed by atoms with E-state index < -0.39 is 10.0 Å². The fourth-order valence-corrected chi connectivity index (χ4v) is 5.31. The molecular weight excluding hydrogens is 370 g/mol. The molecule has 9 heteroatoms. The zero-order valence-corrected chi connectivity index (χ0v) is 16.0. The molecule has 0 bridgehead atoms. The summed E-state index contributed by atoms with van der Waals surface area (Å²) in [5.74, 6) is 0.185. The molecule has 1 fully saturated rings. The summed E-state index contributed by atoms with van der Waals surface area (Å²) in [5.41, 5.74) is 2.81. The number of sulfonamides is 1. The van der Waals surface area contributed by atoms with E-state index in [0.29, 0.717) is 6.42 Å². The van der Waals surface area contributed by atoms with Crippen molar-refractivity contribution in [2.75, 3.05) is 11.1 Å². The van der Waals surface area contributed by atoms with Gasteiger partial charge in [-0.15, -0.1) is 11.3 Å². The molecule has 0 atom stereocenters. The minimum absolute atomic E-state index is 0.0101. The fourth-order valence-electron chi connectivity index (χ4n) is 3.30. The van der Waals surface area contributed by atoms with Gasteiger partial charge in [0, 0.05) is 41.4 Å². The second-order valence-corrected chi connectivity index (χ2v) is 9.34. The summed E-state index contributed by atoms with van der Waals surface area (Å²) < 4.78 is 26.6. The molecule has 0 saturated heterocycles. The van der Waals surface area contributed by atoms with E-state index in [1.54, 1.807) is 17.5 Å². The van der Waals surface area contributed by atoms with E-state index in [4.69, 9.17) is 0 Å². The molecule has 3 aromatic heterocycles. The first kappa shape index (κ1) is 17.4. The van der Waals surface area contributed by atoms with E-state index in [-0.39, 0.29) is 17.8 Å². The zero-order valence-electron chi connectivity index (χ0n) is 14.4. The van der Waals surface area contributed by atoms with Crippen LogP contribution in [0.4, 0.5) is 5.69 Å². The van der Waals surface area contributed by atoms with Gasteiger partial charge in [-0.25, -0.2) is 23.1 Å². The van der Waals surface area contributed by atoms with Crippen molar-refractivity contribution in [3.8, 4) is 10.6 Å². The number of aromatic nitrogens is 3. The van der Waals surface area contributed by atoms with Crippen molar-refractivity contribution in [1.29, 1.82) is 0 Å². The van der Waals surface area contributed by atoms with Crippen LogP contribution in [0.3, 0.4) is 0 Å². The number of aromatic amines is 1. The van der Waals surface area contributed by atoms with E-state index >= 15 is 0 Å². The molecule has 3 N–H and O–H groups in total. The SMILES string of the molecule is CCCS(=O)(=O)NC1CC(Nc2c(-c3nccs3)cnc3[nH]ccc23)C1. The number of hydrogen-bond acceptors (Lipinski definition) is 6. The van der Waals surface area contributed by atoms with Crippen LogP contribution in [-0.2, 0) is 10.0 Å². The van der Waals surface area contributed by atoms with Crippen molar-refractivity contribution in [3.63, 3.8) is 0 Å². The highest BCUT2D eigenvalue weighted by atomic mass is 32.2. The fraction of sp³-hybridized carbons (Fsp3) is 0.412. The van der Waals surface area contributed by atoms with Crippen molar-refractivity contribution >= 4 is 38.1 Å². The molecule has 0 spiro atoms. The van der Waals surface area contributed by atoms with Gasteiger partial charge in [-0.2, -0.15) is 0 Å². The minimum Gasteiger partial charge on any atom is -0.381 e. The van der Waals surface area contributed by atoms with E-state index in [9.17, 15) is 8.42 Å².